The Morgan fingerprint density at radius 2 is 1.40 bits per heavy atom. The minimum absolute atomic E-state index is 0.656. The molecule has 0 aliphatic heterocycles. The molecule has 0 amide bonds. The van der Waals surface area contributed by atoms with E-state index in [1.807, 2.05) is 0 Å². The van der Waals surface area contributed by atoms with Crippen LogP contribution in [0.4, 0.5) is 0 Å². The molecule has 0 aliphatic rings. The molecular formula is C10H25N3O2. The molecule has 0 aromatic heterocycles. The van der Waals surface area contributed by atoms with Gasteiger partial charge in [0.25, 0.3) is 0 Å². The first-order valence-electron chi connectivity index (χ1n) is 5.68. The summed E-state index contributed by atoms with van der Waals surface area (Å²) in [6.45, 7) is 6.04. The van der Waals surface area contributed by atoms with E-state index in [-0.39, 0.29) is 0 Å². The molecule has 0 bridgehead atoms. The van der Waals surface area contributed by atoms with Crippen LogP contribution in [0.1, 0.15) is 12.8 Å². The van der Waals surface area contributed by atoms with E-state index in [4.69, 9.17) is 20.9 Å². The second kappa shape index (κ2) is 13.8. The zero-order valence-electron chi connectivity index (χ0n) is 9.54. The van der Waals surface area contributed by atoms with E-state index < -0.39 is 0 Å². The van der Waals surface area contributed by atoms with Gasteiger partial charge in [-0.2, -0.15) is 0 Å². The lowest BCUT2D eigenvalue weighted by Gasteiger charge is -2.06. The van der Waals surface area contributed by atoms with E-state index in [1.54, 1.807) is 0 Å². The van der Waals surface area contributed by atoms with Crippen LogP contribution in [0.3, 0.4) is 0 Å². The average Bonchev–Trinajstić information content (AvgIpc) is 2.26. The van der Waals surface area contributed by atoms with Gasteiger partial charge in [0.05, 0.1) is 19.8 Å². The lowest BCUT2D eigenvalue weighted by atomic mass is 10.4. The molecule has 0 fully saturated rings. The zero-order valence-corrected chi connectivity index (χ0v) is 9.54. The molecule has 0 heterocycles. The van der Waals surface area contributed by atoms with Crippen LogP contribution in [0.15, 0.2) is 0 Å². The van der Waals surface area contributed by atoms with Crippen LogP contribution >= 0.6 is 0 Å². The van der Waals surface area contributed by atoms with Crippen molar-refractivity contribution in [2.45, 2.75) is 12.8 Å². The molecule has 0 saturated carbocycles. The Morgan fingerprint density at radius 1 is 0.733 bits per heavy atom. The van der Waals surface area contributed by atoms with Gasteiger partial charge in [0.1, 0.15) is 0 Å². The molecule has 5 heteroatoms. The molecule has 15 heavy (non-hydrogen) atoms. The van der Waals surface area contributed by atoms with E-state index in [9.17, 15) is 0 Å². The van der Waals surface area contributed by atoms with Crippen molar-refractivity contribution in [1.29, 1.82) is 0 Å². The maximum Gasteiger partial charge on any atom is 0.0701 e. The van der Waals surface area contributed by atoms with Gasteiger partial charge >= 0.3 is 0 Å². The van der Waals surface area contributed by atoms with Crippen LogP contribution < -0.4 is 16.8 Å². The van der Waals surface area contributed by atoms with Crippen molar-refractivity contribution in [3.63, 3.8) is 0 Å². The summed E-state index contributed by atoms with van der Waals surface area (Å²) in [5.74, 6) is 0. The van der Waals surface area contributed by atoms with Crippen molar-refractivity contribution in [3.8, 4) is 0 Å². The first kappa shape index (κ1) is 14.8. The first-order chi connectivity index (χ1) is 7.41. The van der Waals surface area contributed by atoms with Gasteiger partial charge in [-0.15, -0.1) is 0 Å². The number of ether oxygens (including phenoxy) is 2. The van der Waals surface area contributed by atoms with Gasteiger partial charge in [0.15, 0.2) is 0 Å². The zero-order chi connectivity index (χ0) is 11.2. The predicted octanol–water partition coefficient (Wildman–Crippen LogP) is -0.693. The summed E-state index contributed by atoms with van der Waals surface area (Å²) in [5.41, 5.74) is 10.7. The molecule has 0 aliphatic carbocycles. The summed E-state index contributed by atoms with van der Waals surface area (Å²) < 4.78 is 10.6. The van der Waals surface area contributed by atoms with Crippen LogP contribution in [-0.2, 0) is 9.47 Å². The third-order valence-corrected chi connectivity index (χ3v) is 1.85. The molecule has 0 unspecified atom stereocenters. The Morgan fingerprint density at radius 3 is 2.07 bits per heavy atom. The summed E-state index contributed by atoms with van der Waals surface area (Å²) in [6.07, 6.45) is 1.93. The van der Waals surface area contributed by atoms with Crippen molar-refractivity contribution in [2.75, 3.05) is 52.6 Å². The highest BCUT2D eigenvalue weighted by molar-refractivity contribution is 4.47. The van der Waals surface area contributed by atoms with Crippen LogP contribution in [0.25, 0.3) is 0 Å². The average molecular weight is 219 g/mol. The molecule has 0 rings (SSSR count). The molecule has 5 nitrogen and oxygen atoms in total. The van der Waals surface area contributed by atoms with Gasteiger partial charge in [-0.3, -0.25) is 0 Å². The Balaban J connectivity index is 2.81. The number of rotatable bonds is 12. The summed E-state index contributed by atoms with van der Waals surface area (Å²) in [5, 5.41) is 3.24. The lowest BCUT2D eigenvalue weighted by Crippen LogP contribution is -2.23. The molecule has 0 saturated heterocycles. The lowest BCUT2D eigenvalue weighted by molar-refractivity contribution is 0.0486. The van der Waals surface area contributed by atoms with Crippen molar-refractivity contribution < 1.29 is 9.47 Å². The molecular weight excluding hydrogens is 194 g/mol. The van der Waals surface area contributed by atoms with Gasteiger partial charge in [-0.05, 0) is 32.5 Å². The molecule has 0 atom stereocenters. The van der Waals surface area contributed by atoms with Crippen LogP contribution in [0.5, 0.6) is 0 Å². The van der Waals surface area contributed by atoms with Crippen LogP contribution in [0, 0.1) is 0 Å². The van der Waals surface area contributed by atoms with Crippen molar-refractivity contribution >= 4 is 0 Å². The van der Waals surface area contributed by atoms with Crippen LogP contribution in [-0.4, -0.2) is 52.6 Å². The fourth-order valence-electron chi connectivity index (χ4n) is 1.00. The van der Waals surface area contributed by atoms with Gasteiger partial charge in [-0.1, -0.05) is 0 Å². The number of hydrogen-bond acceptors (Lipinski definition) is 5. The molecule has 92 valence electrons. The maximum atomic E-state index is 5.35. The first-order valence-corrected chi connectivity index (χ1v) is 5.68. The van der Waals surface area contributed by atoms with Crippen molar-refractivity contribution in [1.82, 2.24) is 5.32 Å². The molecule has 5 N–H and O–H groups in total. The van der Waals surface area contributed by atoms with Gasteiger partial charge < -0.3 is 26.3 Å². The van der Waals surface area contributed by atoms with E-state index in [0.717, 1.165) is 45.7 Å². The Labute approximate surface area is 92.5 Å². The van der Waals surface area contributed by atoms with E-state index in [2.05, 4.69) is 5.32 Å². The maximum absolute atomic E-state index is 5.35. The van der Waals surface area contributed by atoms with E-state index in [1.165, 1.54) is 0 Å². The number of nitrogens with one attached hydrogen (secondary N) is 1. The summed E-state index contributed by atoms with van der Waals surface area (Å²) in [7, 11) is 0. The monoisotopic (exact) mass is 219 g/mol. The normalized spacial score (nSPS) is 10.8. The quantitative estimate of drug-likeness (QED) is 0.378. The smallest absolute Gasteiger partial charge is 0.0701 e. The number of nitrogens with two attached hydrogens (primary N) is 2. The van der Waals surface area contributed by atoms with Gasteiger partial charge in [0, 0.05) is 13.2 Å². The Hall–Kier alpha value is -0.200. The van der Waals surface area contributed by atoms with Crippen molar-refractivity contribution in [2.24, 2.45) is 11.5 Å². The fraction of sp³-hybridized carbons (Fsp3) is 1.00. The van der Waals surface area contributed by atoms with Crippen molar-refractivity contribution in [3.05, 3.63) is 0 Å². The molecule has 0 radical (unpaired) electrons. The second-order valence-electron chi connectivity index (χ2n) is 3.26. The fourth-order valence-corrected chi connectivity index (χ4v) is 1.00. The number of hydrogen-bond donors (Lipinski definition) is 3. The Kier molecular flexibility index (Phi) is 13.6. The largest absolute Gasteiger partial charge is 0.379 e. The van der Waals surface area contributed by atoms with E-state index in [0.29, 0.717) is 19.8 Å². The topological polar surface area (TPSA) is 82.5 Å². The minimum Gasteiger partial charge on any atom is -0.379 e. The summed E-state index contributed by atoms with van der Waals surface area (Å²) >= 11 is 0. The van der Waals surface area contributed by atoms with E-state index >= 15 is 0 Å². The molecule has 0 aromatic rings. The molecule has 0 aromatic carbocycles. The van der Waals surface area contributed by atoms with Gasteiger partial charge in [-0.25, -0.2) is 0 Å². The third-order valence-electron chi connectivity index (χ3n) is 1.85. The molecule has 0 spiro atoms. The highest BCUT2D eigenvalue weighted by Crippen LogP contribution is 1.81. The minimum atomic E-state index is 0.656. The third kappa shape index (κ3) is 13.8. The van der Waals surface area contributed by atoms with Gasteiger partial charge in [0.2, 0.25) is 0 Å². The standard InChI is InChI=1S/C10H25N3O2/c11-3-1-5-13-6-8-15-10-9-14-7-2-4-12/h13H,1-12H2. The SMILES string of the molecule is NCCCNCCOCCOCCCN. The second-order valence-corrected chi connectivity index (χ2v) is 3.26. The highest BCUT2D eigenvalue weighted by atomic mass is 16.5. The predicted molar refractivity (Wildman–Crippen MR) is 61.9 cm³/mol. The summed E-state index contributed by atoms with van der Waals surface area (Å²) in [4.78, 5) is 0. The summed E-state index contributed by atoms with van der Waals surface area (Å²) in [6, 6.07) is 0. The van der Waals surface area contributed by atoms with Crippen LogP contribution in [0.2, 0.25) is 0 Å². The Bertz CT molecular complexity index is 103. The highest BCUT2D eigenvalue weighted by Gasteiger charge is 1.90.